The first kappa shape index (κ1) is 16.0. The van der Waals surface area contributed by atoms with Gasteiger partial charge in [-0.2, -0.15) is 0 Å². The molecule has 0 bridgehead atoms. The van der Waals surface area contributed by atoms with E-state index < -0.39 is 11.9 Å². The van der Waals surface area contributed by atoms with Crippen LogP contribution in [0.1, 0.15) is 27.6 Å². The number of carboxylic acids is 1. The van der Waals surface area contributed by atoms with Crippen molar-refractivity contribution in [3.63, 3.8) is 0 Å². The number of hydrogen-bond acceptors (Lipinski definition) is 4. The molecule has 0 aliphatic heterocycles. The highest BCUT2D eigenvalue weighted by atomic mass is 79.9. The predicted octanol–water partition coefficient (Wildman–Crippen LogP) is 3.77. The van der Waals surface area contributed by atoms with Crippen molar-refractivity contribution >= 4 is 27.9 Å². The second kappa shape index (κ2) is 7.09. The standard InChI is InChI=1S/C16H13BrO5/c1-2-21-12-6-3-10(4-7-12)16(20)22-14-8-5-11(15(18)19)9-13(14)17/h3-9H,2H2,1H3,(H,18,19). The summed E-state index contributed by atoms with van der Waals surface area (Å²) in [4.78, 5) is 22.9. The van der Waals surface area contributed by atoms with Crippen molar-refractivity contribution < 1.29 is 24.2 Å². The lowest BCUT2D eigenvalue weighted by molar-refractivity contribution is 0.0696. The minimum absolute atomic E-state index is 0.104. The van der Waals surface area contributed by atoms with Gasteiger partial charge in [0.25, 0.3) is 0 Å². The van der Waals surface area contributed by atoms with Crippen LogP contribution in [0.15, 0.2) is 46.9 Å². The van der Waals surface area contributed by atoms with Gasteiger partial charge in [-0.1, -0.05) is 0 Å². The minimum atomic E-state index is -1.05. The maximum Gasteiger partial charge on any atom is 0.343 e. The summed E-state index contributed by atoms with van der Waals surface area (Å²) in [5.41, 5.74) is 0.477. The summed E-state index contributed by atoms with van der Waals surface area (Å²) in [5.74, 6) is -0.660. The van der Waals surface area contributed by atoms with Gasteiger partial charge in [-0.3, -0.25) is 0 Å². The fourth-order valence-corrected chi connectivity index (χ4v) is 2.19. The molecule has 0 heterocycles. The molecular weight excluding hydrogens is 352 g/mol. The molecule has 0 saturated heterocycles. The monoisotopic (exact) mass is 364 g/mol. The molecule has 6 heteroatoms. The molecule has 0 amide bonds. The van der Waals surface area contributed by atoms with Gasteiger partial charge in [0.1, 0.15) is 11.5 Å². The van der Waals surface area contributed by atoms with E-state index in [2.05, 4.69) is 15.9 Å². The Morgan fingerprint density at radius 3 is 2.27 bits per heavy atom. The number of esters is 1. The van der Waals surface area contributed by atoms with Crippen molar-refractivity contribution in [2.75, 3.05) is 6.61 Å². The first-order valence-corrected chi connectivity index (χ1v) is 7.28. The first-order valence-electron chi connectivity index (χ1n) is 6.49. The Morgan fingerprint density at radius 2 is 1.73 bits per heavy atom. The van der Waals surface area contributed by atoms with Gasteiger partial charge < -0.3 is 14.6 Å². The van der Waals surface area contributed by atoms with Crippen molar-refractivity contribution in [3.05, 3.63) is 58.1 Å². The molecule has 0 spiro atoms. The van der Waals surface area contributed by atoms with Crippen molar-refractivity contribution in [1.29, 1.82) is 0 Å². The summed E-state index contributed by atoms with van der Waals surface area (Å²) < 4.78 is 10.9. The van der Waals surface area contributed by atoms with Gasteiger partial charge in [0.2, 0.25) is 0 Å². The van der Waals surface area contributed by atoms with E-state index in [0.717, 1.165) is 0 Å². The van der Waals surface area contributed by atoms with E-state index >= 15 is 0 Å². The molecule has 0 fully saturated rings. The smallest absolute Gasteiger partial charge is 0.343 e. The summed E-state index contributed by atoms with van der Waals surface area (Å²) in [5, 5.41) is 8.89. The zero-order valence-corrected chi connectivity index (χ0v) is 13.3. The van der Waals surface area contributed by atoms with Crippen LogP contribution >= 0.6 is 15.9 Å². The molecular formula is C16H13BrO5. The van der Waals surface area contributed by atoms with E-state index in [1.54, 1.807) is 24.3 Å². The lowest BCUT2D eigenvalue weighted by Crippen LogP contribution is -2.09. The van der Waals surface area contributed by atoms with Gasteiger partial charge in [-0.05, 0) is 65.3 Å². The summed E-state index contributed by atoms with van der Waals surface area (Å²) in [6.45, 7) is 2.42. The number of carboxylic acid groups (broad SMARTS) is 1. The Balaban J connectivity index is 2.13. The van der Waals surface area contributed by atoms with Gasteiger partial charge >= 0.3 is 11.9 Å². The summed E-state index contributed by atoms with van der Waals surface area (Å²) in [7, 11) is 0. The maximum absolute atomic E-state index is 12.1. The summed E-state index contributed by atoms with van der Waals surface area (Å²) in [6.07, 6.45) is 0. The van der Waals surface area contributed by atoms with E-state index in [9.17, 15) is 9.59 Å². The molecule has 0 atom stereocenters. The van der Waals surface area contributed by atoms with Gasteiger partial charge in [0, 0.05) is 0 Å². The molecule has 5 nitrogen and oxygen atoms in total. The Morgan fingerprint density at radius 1 is 1.09 bits per heavy atom. The molecule has 0 radical (unpaired) electrons. The number of hydrogen-bond donors (Lipinski definition) is 1. The molecule has 2 aromatic carbocycles. The topological polar surface area (TPSA) is 72.8 Å². The van der Waals surface area contributed by atoms with Crippen LogP contribution in [-0.2, 0) is 0 Å². The molecule has 2 rings (SSSR count). The predicted molar refractivity (Wildman–Crippen MR) is 83.7 cm³/mol. The van der Waals surface area contributed by atoms with Crippen molar-refractivity contribution in [1.82, 2.24) is 0 Å². The van der Waals surface area contributed by atoms with Crippen molar-refractivity contribution in [2.24, 2.45) is 0 Å². The second-order valence-electron chi connectivity index (χ2n) is 4.30. The lowest BCUT2D eigenvalue weighted by atomic mass is 10.2. The van der Waals surface area contributed by atoms with Crippen LogP contribution in [0.2, 0.25) is 0 Å². The van der Waals surface area contributed by atoms with Gasteiger partial charge in [0.05, 0.1) is 22.2 Å². The van der Waals surface area contributed by atoms with E-state index in [1.165, 1.54) is 18.2 Å². The average Bonchev–Trinajstić information content (AvgIpc) is 2.50. The zero-order valence-electron chi connectivity index (χ0n) is 11.7. The highest BCUT2D eigenvalue weighted by Crippen LogP contribution is 2.27. The number of benzene rings is 2. The lowest BCUT2D eigenvalue weighted by Gasteiger charge is -2.08. The number of carbonyl (C=O) groups is 2. The number of rotatable bonds is 5. The molecule has 0 saturated carbocycles. The van der Waals surface area contributed by atoms with Crippen LogP contribution in [0.3, 0.4) is 0 Å². The fraction of sp³-hybridized carbons (Fsp3) is 0.125. The van der Waals surface area contributed by atoms with E-state index in [1.807, 2.05) is 6.92 Å². The van der Waals surface area contributed by atoms with Gasteiger partial charge in [-0.15, -0.1) is 0 Å². The minimum Gasteiger partial charge on any atom is -0.494 e. The summed E-state index contributed by atoms with van der Waals surface area (Å²) >= 11 is 3.19. The number of halogens is 1. The summed E-state index contributed by atoms with van der Waals surface area (Å²) in [6, 6.07) is 10.8. The Hall–Kier alpha value is -2.34. The Labute approximate surface area is 135 Å². The highest BCUT2D eigenvalue weighted by Gasteiger charge is 2.13. The third-order valence-corrected chi connectivity index (χ3v) is 3.40. The van der Waals surface area contributed by atoms with Crippen LogP contribution in [0.25, 0.3) is 0 Å². The third kappa shape index (κ3) is 3.85. The Kier molecular flexibility index (Phi) is 5.16. The largest absolute Gasteiger partial charge is 0.494 e. The molecule has 1 N–H and O–H groups in total. The fourth-order valence-electron chi connectivity index (χ4n) is 1.73. The van der Waals surface area contributed by atoms with Crippen molar-refractivity contribution in [2.45, 2.75) is 6.92 Å². The number of carbonyl (C=O) groups excluding carboxylic acids is 1. The van der Waals surface area contributed by atoms with Crippen LogP contribution in [-0.4, -0.2) is 23.7 Å². The normalized spacial score (nSPS) is 10.1. The van der Waals surface area contributed by atoms with E-state index in [-0.39, 0.29) is 11.3 Å². The zero-order chi connectivity index (χ0) is 16.1. The quantitative estimate of drug-likeness (QED) is 0.645. The third-order valence-electron chi connectivity index (χ3n) is 2.78. The molecule has 114 valence electrons. The highest BCUT2D eigenvalue weighted by molar-refractivity contribution is 9.10. The Bertz CT molecular complexity index is 694. The first-order chi connectivity index (χ1) is 10.5. The molecule has 22 heavy (non-hydrogen) atoms. The molecule has 0 unspecified atom stereocenters. The van der Waals surface area contributed by atoms with Crippen LogP contribution in [0.5, 0.6) is 11.5 Å². The maximum atomic E-state index is 12.1. The van der Waals surface area contributed by atoms with Crippen LogP contribution < -0.4 is 9.47 Å². The van der Waals surface area contributed by atoms with Crippen LogP contribution in [0, 0.1) is 0 Å². The SMILES string of the molecule is CCOc1ccc(C(=O)Oc2ccc(C(=O)O)cc2Br)cc1. The average molecular weight is 365 g/mol. The van der Waals surface area contributed by atoms with E-state index in [0.29, 0.717) is 22.4 Å². The molecule has 2 aromatic rings. The second-order valence-corrected chi connectivity index (χ2v) is 5.15. The van der Waals surface area contributed by atoms with Crippen LogP contribution in [0.4, 0.5) is 0 Å². The van der Waals surface area contributed by atoms with E-state index in [4.69, 9.17) is 14.6 Å². The van der Waals surface area contributed by atoms with Crippen molar-refractivity contribution in [3.8, 4) is 11.5 Å². The molecule has 0 aliphatic carbocycles. The van der Waals surface area contributed by atoms with Gasteiger partial charge in [0.15, 0.2) is 0 Å². The van der Waals surface area contributed by atoms with Gasteiger partial charge in [-0.25, -0.2) is 9.59 Å². The molecule has 0 aromatic heterocycles. The molecule has 0 aliphatic rings. The number of ether oxygens (including phenoxy) is 2. The number of aromatic carboxylic acids is 1.